The molecule has 0 unspecified atom stereocenters. The smallest absolute Gasteiger partial charge is 0.222 e. The van der Waals surface area contributed by atoms with E-state index in [2.05, 4.69) is 40.4 Å². The van der Waals surface area contributed by atoms with Crippen molar-refractivity contribution in [3.63, 3.8) is 0 Å². The summed E-state index contributed by atoms with van der Waals surface area (Å²) in [7, 11) is 0. The van der Waals surface area contributed by atoms with Crippen molar-refractivity contribution in [2.45, 2.75) is 40.3 Å². The molecule has 2 rings (SSSR count). The highest BCUT2D eigenvalue weighted by atomic mass is 16.5. The number of aryl methyl sites for hydroxylation is 2. The van der Waals surface area contributed by atoms with Crippen molar-refractivity contribution in [3.05, 3.63) is 47.3 Å². The van der Waals surface area contributed by atoms with Gasteiger partial charge in [-0.15, -0.1) is 0 Å². The van der Waals surface area contributed by atoms with E-state index in [1.54, 1.807) is 12.4 Å². The maximum Gasteiger partial charge on any atom is 0.222 e. The van der Waals surface area contributed by atoms with Crippen molar-refractivity contribution < 1.29 is 4.74 Å². The Morgan fingerprint density at radius 3 is 2.45 bits per heavy atom. The summed E-state index contributed by atoms with van der Waals surface area (Å²) < 4.78 is 5.85. The zero-order valence-electron chi connectivity index (χ0n) is 12.5. The molecule has 0 fully saturated rings. The van der Waals surface area contributed by atoms with E-state index in [0.717, 1.165) is 16.9 Å². The highest BCUT2D eigenvalue weighted by molar-refractivity contribution is 5.39. The van der Waals surface area contributed by atoms with Crippen LogP contribution < -0.4 is 10.1 Å². The van der Waals surface area contributed by atoms with Gasteiger partial charge in [0.1, 0.15) is 5.75 Å². The fraction of sp³-hybridized carbons (Fsp3) is 0.375. The summed E-state index contributed by atoms with van der Waals surface area (Å²) >= 11 is 0. The molecule has 0 aliphatic carbocycles. The molecule has 0 saturated carbocycles. The Morgan fingerprint density at radius 2 is 1.80 bits per heavy atom. The number of aromatic nitrogens is 2. The first-order chi connectivity index (χ1) is 9.54. The van der Waals surface area contributed by atoms with Crippen LogP contribution in [0.15, 0.2) is 30.6 Å². The van der Waals surface area contributed by atoms with Crippen LogP contribution >= 0.6 is 0 Å². The Morgan fingerprint density at radius 1 is 1.10 bits per heavy atom. The second-order valence-electron chi connectivity index (χ2n) is 5.22. The van der Waals surface area contributed by atoms with E-state index in [-0.39, 0.29) is 6.10 Å². The lowest BCUT2D eigenvalue weighted by Gasteiger charge is -2.15. The largest absolute Gasteiger partial charge is 0.491 e. The maximum absolute atomic E-state index is 5.85. The first-order valence-corrected chi connectivity index (χ1v) is 6.83. The van der Waals surface area contributed by atoms with Gasteiger partial charge in [-0.3, -0.25) is 0 Å². The Bertz CT molecular complexity index is 564. The Balaban J connectivity index is 2.10. The highest BCUT2D eigenvalue weighted by Crippen LogP contribution is 2.22. The molecule has 1 aromatic carbocycles. The molecular formula is C16H21N3O. The van der Waals surface area contributed by atoms with Crippen LogP contribution in [-0.4, -0.2) is 16.1 Å². The van der Waals surface area contributed by atoms with E-state index in [1.807, 2.05) is 20.8 Å². The van der Waals surface area contributed by atoms with Crippen molar-refractivity contribution in [1.82, 2.24) is 9.97 Å². The predicted molar refractivity (Wildman–Crippen MR) is 81.0 cm³/mol. The number of nitrogens with one attached hydrogen (secondary N) is 1. The summed E-state index contributed by atoms with van der Waals surface area (Å²) in [5.41, 5.74) is 3.35. The van der Waals surface area contributed by atoms with E-state index in [0.29, 0.717) is 12.5 Å². The molecule has 0 atom stereocenters. The summed E-state index contributed by atoms with van der Waals surface area (Å²) in [6, 6.07) is 6.22. The molecule has 1 N–H and O–H groups in total. The third-order valence-electron chi connectivity index (χ3n) is 2.80. The fourth-order valence-corrected chi connectivity index (χ4v) is 1.83. The summed E-state index contributed by atoms with van der Waals surface area (Å²) in [5.74, 6) is 1.55. The predicted octanol–water partition coefficient (Wildman–Crippen LogP) is 3.49. The standard InChI is InChI=1S/C16H21N3O/c1-11(2)20-15-7-12(3)5-6-14(15)10-19-16-17-8-13(4)9-18-16/h5-9,11H,10H2,1-4H3,(H,17,18,19). The van der Waals surface area contributed by atoms with Gasteiger partial charge in [0.05, 0.1) is 6.10 Å². The second-order valence-corrected chi connectivity index (χ2v) is 5.22. The van der Waals surface area contributed by atoms with E-state index in [4.69, 9.17) is 4.74 Å². The van der Waals surface area contributed by atoms with Gasteiger partial charge >= 0.3 is 0 Å². The maximum atomic E-state index is 5.85. The lowest BCUT2D eigenvalue weighted by Crippen LogP contribution is -2.10. The molecule has 0 saturated heterocycles. The average Bonchev–Trinajstić information content (AvgIpc) is 2.39. The Labute approximate surface area is 120 Å². The quantitative estimate of drug-likeness (QED) is 0.904. The summed E-state index contributed by atoms with van der Waals surface area (Å²) in [6.07, 6.45) is 3.76. The molecule has 2 aromatic rings. The number of ether oxygens (including phenoxy) is 1. The minimum absolute atomic E-state index is 0.158. The van der Waals surface area contributed by atoms with Gasteiger partial charge in [-0.1, -0.05) is 12.1 Å². The van der Waals surface area contributed by atoms with E-state index < -0.39 is 0 Å². The van der Waals surface area contributed by atoms with Crippen molar-refractivity contribution in [1.29, 1.82) is 0 Å². The topological polar surface area (TPSA) is 47.0 Å². The molecule has 0 bridgehead atoms. The number of benzene rings is 1. The molecule has 106 valence electrons. The van der Waals surface area contributed by atoms with Crippen LogP contribution in [0.1, 0.15) is 30.5 Å². The molecule has 1 heterocycles. The minimum Gasteiger partial charge on any atom is -0.491 e. The number of hydrogen-bond donors (Lipinski definition) is 1. The summed E-state index contributed by atoms with van der Waals surface area (Å²) in [4.78, 5) is 8.48. The fourth-order valence-electron chi connectivity index (χ4n) is 1.83. The van der Waals surface area contributed by atoms with Crippen LogP contribution in [0.2, 0.25) is 0 Å². The highest BCUT2D eigenvalue weighted by Gasteiger charge is 2.07. The van der Waals surface area contributed by atoms with Gasteiger partial charge in [0.25, 0.3) is 0 Å². The number of anilines is 1. The van der Waals surface area contributed by atoms with Gasteiger partial charge < -0.3 is 10.1 Å². The van der Waals surface area contributed by atoms with Crippen LogP contribution in [0, 0.1) is 13.8 Å². The normalized spacial score (nSPS) is 10.7. The lowest BCUT2D eigenvalue weighted by atomic mass is 10.1. The molecule has 4 heteroatoms. The SMILES string of the molecule is Cc1cnc(NCc2ccc(C)cc2OC(C)C)nc1. The van der Waals surface area contributed by atoms with Gasteiger partial charge in [-0.05, 0) is 44.9 Å². The molecule has 0 aliphatic heterocycles. The Hall–Kier alpha value is -2.10. The van der Waals surface area contributed by atoms with Crippen molar-refractivity contribution in [2.24, 2.45) is 0 Å². The second kappa shape index (κ2) is 6.37. The van der Waals surface area contributed by atoms with Crippen LogP contribution in [0.3, 0.4) is 0 Å². The van der Waals surface area contributed by atoms with Crippen LogP contribution in [-0.2, 0) is 6.54 Å². The molecule has 0 radical (unpaired) electrons. The van der Waals surface area contributed by atoms with Gasteiger partial charge in [0.15, 0.2) is 0 Å². The molecule has 4 nitrogen and oxygen atoms in total. The Kier molecular flexibility index (Phi) is 4.56. The van der Waals surface area contributed by atoms with Crippen LogP contribution in [0.4, 0.5) is 5.95 Å². The summed E-state index contributed by atoms with van der Waals surface area (Å²) in [5, 5.41) is 3.22. The number of hydrogen-bond acceptors (Lipinski definition) is 4. The molecule has 0 amide bonds. The zero-order chi connectivity index (χ0) is 14.5. The van der Waals surface area contributed by atoms with E-state index in [1.165, 1.54) is 5.56 Å². The van der Waals surface area contributed by atoms with Gasteiger partial charge in [-0.2, -0.15) is 0 Å². The molecule has 0 aliphatic rings. The minimum atomic E-state index is 0.158. The van der Waals surface area contributed by atoms with Crippen molar-refractivity contribution in [2.75, 3.05) is 5.32 Å². The molecule has 20 heavy (non-hydrogen) atoms. The monoisotopic (exact) mass is 271 g/mol. The third-order valence-corrected chi connectivity index (χ3v) is 2.80. The first-order valence-electron chi connectivity index (χ1n) is 6.83. The third kappa shape index (κ3) is 3.95. The number of nitrogens with zero attached hydrogens (tertiary/aromatic N) is 2. The first kappa shape index (κ1) is 14.3. The van der Waals surface area contributed by atoms with Gasteiger partial charge in [-0.25, -0.2) is 9.97 Å². The van der Waals surface area contributed by atoms with Gasteiger partial charge in [0, 0.05) is 24.5 Å². The molecular weight excluding hydrogens is 250 g/mol. The average molecular weight is 271 g/mol. The molecule has 1 aromatic heterocycles. The lowest BCUT2D eigenvalue weighted by molar-refractivity contribution is 0.240. The van der Waals surface area contributed by atoms with Crippen molar-refractivity contribution >= 4 is 5.95 Å². The van der Waals surface area contributed by atoms with Crippen LogP contribution in [0.5, 0.6) is 5.75 Å². The zero-order valence-corrected chi connectivity index (χ0v) is 12.5. The summed E-state index contributed by atoms with van der Waals surface area (Å²) in [6.45, 7) is 8.74. The van der Waals surface area contributed by atoms with Gasteiger partial charge in [0.2, 0.25) is 5.95 Å². The van der Waals surface area contributed by atoms with Crippen molar-refractivity contribution in [3.8, 4) is 5.75 Å². The van der Waals surface area contributed by atoms with E-state index >= 15 is 0 Å². The van der Waals surface area contributed by atoms with Crippen LogP contribution in [0.25, 0.3) is 0 Å². The van der Waals surface area contributed by atoms with E-state index in [9.17, 15) is 0 Å². The number of rotatable bonds is 5. The molecule has 0 spiro atoms.